The van der Waals surface area contributed by atoms with Crippen molar-refractivity contribution >= 4 is 9.84 Å². The fraction of sp³-hybridized carbons (Fsp3) is 0.667. The number of aromatic nitrogens is 3. The highest BCUT2D eigenvalue weighted by atomic mass is 32.2. The molecule has 7 heteroatoms. The van der Waals surface area contributed by atoms with E-state index in [2.05, 4.69) is 16.4 Å². The van der Waals surface area contributed by atoms with E-state index in [4.69, 9.17) is 4.74 Å². The minimum atomic E-state index is -3.34. The minimum absolute atomic E-state index is 0.166. The fourth-order valence-corrected chi connectivity index (χ4v) is 1.09. The van der Waals surface area contributed by atoms with Crippen LogP contribution in [0.3, 0.4) is 0 Å². The summed E-state index contributed by atoms with van der Waals surface area (Å²) in [6.07, 6.45) is 3.44. The largest absolute Gasteiger partial charge is 0.359 e. The zero-order valence-corrected chi connectivity index (χ0v) is 8.21. The molecular formula is C6H10N3O3S. The second-order valence-corrected chi connectivity index (χ2v) is 4.30. The van der Waals surface area contributed by atoms with Crippen molar-refractivity contribution in [2.45, 2.75) is 18.8 Å². The Balaban J connectivity index is 2.76. The third kappa shape index (κ3) is 2.78. The molecule has 0 saturated carbocycles. The summed E-state index contributed by atoms with van der Waals surface area (Å²) in [5, 5.41) is 3.43. The first-order valence-corrected chi connectivity index (χ1v) is 5.53. The molecule has 1 aromatic rings. The van der Waals surface area contributed by atoms with Gasteiger partial charge in [0.15, 0.2) is 6.33 Å². The van der Waals surface area contributed by atoms with E-state index in [1.807, 2.05) is 6.92 Å². The van der Waals surface area contributed by atoms with Gasteiger partial charge < -0.3 is 4.74 Å². The number of hydrogen-bond acceptors (Lipinski definition) is 5. The van der Waals surface area contributed by atoms with E-state index < -0.39 is 9.84 Å². The summed E-state index contributed by atoms with van der Waals surface area (Å²) >= 11 is 0. The lowest BCUT2D eigenvalue weighted by Crippen LogP contribution is -2.05. The van der Waals surface area contributed by atoms with E-state index in [1.54, 1.807) is 0 Å². The second-order valence-electron chi connectivity index (χ2n) is 2.39. The van der Waals surface area contributed by atoms with Crippen molar-refractivity contribution in [3.05, 3.63) is 6.33 Å². The van der Waals surface area contributed by atoms with E-state index in [0.717, 1.165) is 6.26 Å². The number of hydrogen-bond donors (Lipinski definition) is 0. The van der Waals surface area contributed by atoms with Crippen LogP contribution in [0.4, 0.5) is 0 Å². The Kier molecular flexibility index (Phi) is 2.99. The van der Waals surface area contributed by atoms with Crippen LogP contribution in [0.15, 0.2) is 5.16 Å². The van der Waals surface area contributed by atoms with Gasteiger partial charge in [0.05, 0.1) is 0 Å². The lowest BCUT2D eigenvalue weighted by Gasteiger charge is -1.97. The Bertz CT molecular complexity index is 370. The molecule has 0 unspecified atom stereocenters. The molecule has 0 aliphatic rings. The maximum absolute atomic E-state index is 10.9. The number of rotatable bonds is 4. The number of nitrogens with zero attached hydrogens (tertiary/aromatic N) is 3. The summed E-state index contributed by atoms with van der Waals surface area (Å²) in [6.45, 7) is 2.52. The Morgan fingerprint density at radius 2 is 2.31 bits per heavy atom. The van der Waals surface area contributed by atoms with Crippen molar-refractivity contribution in [2.24, 2.45) is 0 Å². The predicted octanol–water partition coefficient (Wildman–Crippen LogP) is -0.524. The summed E-state index contributed by atoms with van der Waals surface area (Å²) in [5.41, 5.74) is 0. The Labute approximate surface area is 76.5 Å². The zero-order chi connectivity index (χ0) is 9.90. The van der Waals surface area contributed by atoms with Gasteiger partial charge in [-0.05, 0) is 6.92 Å². The minimum Gasteiger partial charge on any atom is -0.359 e. The third-order valence-electron chi connectivity index (χ3n) is 1.22. The molecule has 1 aromatic heterocycles. The van der Waals surface area contributed by atoms with Crippen molar-refractivity contribution in [2.75, 3.05) is 12.9 Å². The van der Waals surface area contributed by atoms with E-state index >= 15 is 0 Å². The first kappa shape index (κ1) is 10.1. The van der Waals surface area contributed by atoms with E-state index in [1.165, 1.54) is 4.68 Å². The van der Waals surface area contributed by atoms with Gasteiger partial charge in [0.2, 0.25) is 9.84 Å². The smallest absolute Gasteiger partial charge is 0.267 e. The van der Waals surface area contributed by atoms with Crippen LogP contribution in [0, 0.1) is 6.33 Å². The van der Waals surface area contributed by atoms with Crippen LogP contribution in [0.5, 0.6) is 0 Å². The molecule has 73 valence electrons. The van der Waals surface area contributed by atoms with E-state index in [9.17, 15) is 8.42 Å². The third-order valence-corrected chi connectivity index (χ3v) is 2.05. The molecule has 0 bridgehead atoms. The molecule has 0 amide bonds. The Hall–Kier alpha value is -0.950. The topological polar surface area (TPSA) is 74.1 Å². The van der Waals surface area contributed by atoms with Gasteiger partial charge in [0.25, 0.3) is 5.16 Å². The van der Waals surface area contributed by atoms with Crippen LogP contribution < -0.4 is 0 Å². The molecule has 0 aliphatic heterocycles. The highest BCUT2D eigenvalue weighted by Gasteiger charge is 2.12. The molecule has 0 spiro atoms. The Morgan fingerprint density at radius 1 is 1.62 bits per heavy atom. The van der Waals surface area contributed by atoms with Crippen LogP contribution in [0.25, 0.3) is 0 Å². The number of ether oxygens (including phenoxy) is 1. The van der Waals surface area contributed by atoms with Crippen molar-refractivity contribution < 1.29 is 13.2 Å². The maximum Gasteiger partial charge on any atom is 0.267 e. The molecule has 0 saturated heterocycles. The van der Waals surface area contributed by atoms with Crippen molar-refractivity contribution in [3.8, 4) is 0 Å². The van der Waals surface area contributed by atoms with Crippen LogP contribution in [0.1, 0.15) is 6.92 Å². The van der Waals surface area contributed by atoms with Crippen molar-refractivity contribution in [1.82, 2.24) is 14.8 Å². The van der Waals surface area contributed by atoms with E-state index in [0.29, 0.717) is 6.61 Å². The molecule has 0 aliphatic carbocycles. The lowest BCUT2D eigenvalue weighted by molar-refractivity contribution is 0.0776. The molecular weight excluding hydrogens is 194 g/mol. The van der Waals surface area contributed by atoms with Gasteiger partial charge in [-0.2, -0.15) is 4.98 Å². The summed E-state index contributed by atoms with van der Waals surface area (Å²) < 4.78 is 28.0. The van der Waals surface area contributed by atoms with Crippen LogP contribution in [0.2, 0.25) is 0 Å². The maximum atomic E-state index is 10.9. The second kappa shape index (κ2) is 3.84. The highest BCUT2D eigenvalue weighted by molar-refractivity contribution is 7.90. The predicted molar refractivity (Wildman–Crippen MR) is 43.6 cm³/mol. The van der Waals surface area contributed by atoms with Gasteiger partial charge >= 0.3 is 0 Å². The quantitative estimate of drug-likeness (QED) is 0.659. The first-order chi connectivity index (χ1) is 6.04. The monoisotopic (exact) mass is 204 g/mol. The zero-order valence-electron chi connectivity index (χ0n) is 7.39. The first-order valence-electron chi connectivity index (χ1n) is 3.64. The molecule has 6 nitrogen and oxygen atoms in total. The van der Waals surface area contributed by atoms with Crippen molar-refractivity contribution in [1.29, 1.82) is 0 Å². The fourth-order valence-electron chi connectivity index (χ4n) is 0.641. The standard InChI is InChI=1S/C6H10N3O3S/c1-3-12-5-9-4-7-6(8-9)13(2,10)11/h3,5H2,1-2H3. The van der Waals surface area contributed by atoms with Crippen LogP contribution in [-0.2, 0) is 21.3 Å². The average molecular weight is 204 g/mol. The average Bonchev–Trinajstić information content (AvgIpc) is 2.47. The SMILES string of the molecule is CCOCn1[c]nc(S(C)(=O)=O)n1. The molecule has 0 N–H and O–H groups in total. The van der Waals surface area contributed by atoms with Gasteiger partial charge in [-0.3, -0.25) is 0 Å². The van der Waals surface area contributed by atoms with Gasteiger partial charge in [0.1, 0.15) is 6.73 Å². The van der Waals surface area contributed by atoms with E-state index in [-0.39, 0.29) is 11.9 Å². The summed E-state index contributed by atoms with van der Waals surface area (Å²) in [7, 11) is -3.34. The van der Waals surface area contributed by atoms with Gasteiger partial charge in [0, 0.05) is 12.9 Å². The lowest BCUT2D eigenvalue weighted by atomic mass is 10.9. The highest BCUT2D eigenvalue weighted by Crippen LogP contribution is 1.98. The molecule has 1 rings (SSSR count). The Morgan fingerprint density at radius 3 is 2.77 bits per heavy atom. The van der Waals surface area contributed by atoms with Gasteiger partial charge in [-0.25, -0.2) is 13.1 Å². The van der Waals surface area contributed by atoms with Crippen LogP contribution >= 0.6 is 0 Å². The molecule has 1 radical (unpaired) electrons. The normalized spacial score (nSPS) is 11.8. The summed E-state index contributed by atoms with van der Waals surface area (Å²) in [6, 6.07) is 0. The molecule has 13 heavy (non-hydrogen) atoms. The number of sulfone groups is 1. The molecule has 0 fully saturated rings. The van der Waals surface area contributed by atoms with Gasteiger partial charge in [-0.1, -0.05) is 0 Å². The summed E-state index contributed by atoms with van der Waals surface area (Å²) in [4.78, 5) is 3.50. The molecule has 1 heterocycles. The van der Waals surface area contributed by atoms with Crippen molar-refractivity contribution in [3.63, 3.8) is 0 Å². The summed E-state index contributed by atoms with van der Waals surface area (Å²) in [5.74, 6) is 0. The van der Waals surface area contributed by atoms with Gasteiger partial charge in [-0.15, -0.1) is 5.10 Å². The van der Waals surface area contributed by atoms with Crippen LogP contribution in [-0.4, -0.2) is 36.0 Å². The molecule has 0 atom stereocenters. The molecule has 0 aromatic carbocycles.